The molecule has 0 aromatic carbocycles. The number of nitrogens with zero attached hydrogens (tertiary/aromatic N) is 5. The van der Waals surface area contributed by atoms with E-state index in [2.05, 4.69) is 10.3 Å². The predicted molar refractivity (Wildman–Crippen MR) is 87.5 cm³/mol. The third kappa shape index (κ3) is 2.78. The van der Waals surface area contributed by atoms with Gasteiger partial charge in [-0.3, -0.25) is 4.79 Å². The molecule has 0 aliphatic carbocycles. The number of fused-ring (bicyclic) bond motifs is 1. The van der Waals surface area contributed by atoms with Crippen LogP contribution in [-0.4, -0.2) is 54.0 Å². The number of pyridine rings is 1. The monoisotopic (exact) mass is 325 g/mol. The fraction of sp³-hybridized carbons (Fsp3) is 0.353. The van der Waals surface area contributed by atoms with Gasteiger partial charge in [-0.15, -0.1) is 5.10 Å². The Kier molecular flexibility index (Phi) is 3.57. The Labute approximate surface area is 139 Å². The lowest BCUT2D eigenvalue weighted by Crippen LogP contribution is -2.52. The first-order valence-electron chi connectivity index (χ1n) is 8.06. The maximum atomic E-state index is 12.8. The fourth-order valence-electron chi connectivity index (χ4n) is 3.39. The maximum absolute atomic E-state index is 12.8. The molecule has 1 aliphatic rings. The summed E-state index contributed by atoms with van der Waals surface area (Å²) < 4.78 is 3.54. The molecular formula is C17H19N5O2. The zero-order chi connectivity index (χ0) is 16.6. The molecule has 3 aromatic heterocycles. The number of rotatable bonds is 3. The zero-order valence-electron chi connectivity index (χ0n) is 13.2. The van der Waals surface area contributed by atoms with E-state index in [1.54, 1.807) is 22.0 Å². The summed E-state index contributed by atoms with van der Waals surface area (Å²) in [5.41, 5.74) is 0.655. The minimum absolute atomic E-state index is 0.0459. The highest BCUT2D eigenvalue weighted by Gasteiger charge is 2.36. The van der Waals surface area contributed by atoms with Crippen molar-refractivity contribution in [3.63, 3.8) is 0 Å². The summed E-state index contributed by atoms with van der Waals surface area (Å²) in [6, 6.07) is 7.72. The molecule has 1 saturated heterocycles. The van der Waals surface area contributed by atoms with Gasteiger partial charge >= 0.3 is 0 Å². The molecule has 1 unspecified atom stereocenters. The van der Waals surface area contributed by atoms with Crippen molar-refractivity contribution in [2.75, 3.05) is 13.1 Å². The molecule has 4 rings (SSSR count). The molecule has 1 fully saturated rings. The van der Waals surface area contributed by atoms with Gasteiger partial charge in [0.25, 0.3) is 5.91 Å². The van der Waals surface area contributed by atoms with E-state index in [1.807, 2.05) is 41.1 Å². The lowest BCUT2D eigenvalue weighted by atomic mass is 9.92. The standard InChI is InChI=1S/C17H19N5O2/c23-16(14-10-15-4-1-2-7-20(15)11-14)21-8-3-5-17(24,12-21)13-22-9-6-18-19-22/h1-2,4,6-7,9-11,24H,3,5,8,12-13H2. The fourth-order valence-corrected chi connectivity index (χ4v) is 3.39. The van der Waals surface area contributed by atoms with Gasteiger partial charge in [0, 0.05) is 30.7 Å². The Morgan fingerprint density at radius 2 is 2.25 bits per heavy atom. The number of aliphatic hydroxyl groups is 1. The van der Waals surface area contributed by atoms with Crippen molar-refractivity contribution in [3.05, 3.63) is 54.6 Å². The van der Waals surface area contributed by atoms with Gasteiger partial charge in [-0.25, -0.2) is 4.68 Å². The number of hydrogen-bond acceptors (Lipinski definition) is 4. The number of likely N-dealkylation sites (tertiary alicyclic amines) is 1. The van der Waals surface area contributed by atoms with Crippen molar-refractivity contribution in [3.8, 4) is 0 Å². The summed E-state index contributed by atoms with van der Waals surface area (Å²) in [7, 11) is 0. The Morgan fingerprint density at radius 1 is 1.33 bits per heavy atom. The van der Waals surface area contributed by atoms with Gasteiger partial charge in [0.2, 0.25) is 0 Å². The Balaban J connectivity index is 1.53. The van der Waals surface area contributed by atoms with Crippen LogP contribution in [0.2, 0.25) is 0 Å². The summed E-state index contributed by atoms with van der Waals surface area (Å²) in [6.45, 7) is 1.30. The van der Waals surface area contributed by atoms with Gasteiger partial charge in [0.05, 0.1) is 24.8 Å². The van der Waals surface area contributed by atoms with E-state index < -0.39 is 5.60 Å². The molecule has 7 nitrogen and oxygen atoms in total. The average molecular weight is 325 g/mol. The Hall–Kier alpha value is -2.67. The molecule has 0 radical (unpaired) electrons. The van der Waals surface area contributed by atoms with E-state index in [4.69, 9.17) is 0 Å². The van der Waals surface area contributed by atoms with Crippen LogP contribution in [0.5, 0.6) is 0 Å². The summed E-state index contributed by atoms with van der Waals surface area (Å²) in [5.74, 6) is -0.0459. The predicted octanol–water partition coefficient (Wildman–Crippen LogP) is 1.20. The van der Waals surface area contributed by atoms with Crippen molar-refractivity contribution in [1.29, 1.82) is 0 Å². The van der Waals surface area contributed by atoms with Crippen molar-refractivity contribution in [1.82, 2.24) is 24.3 Å². The molecule has 0 bridgehead atoms. The molecule has 4 heterocycles. The van der Waals surface area contributed by atoms with E-state index in [-0.39, 0.29) is 5.91 Å². The van der Waals surface area contributed by atoms with Crippen LogP contribution in [0.3, 0.4) is 0 Å². The van der Waals surface area contributed by atoms with Gasteiger partial charge in [-0.2, -0.15) is 0 Å². The van der Waals surface area contributed by atoms with Gasteiger partial charge in [-0.05, 0) is 31.0 Å². The zero-order valence-corrected chi connectivity index (χ0v) is 13.2. The van der Waals surface area contributed by atoms with Crippen LogP contribution in [0.25, 0.3) is 5.52 Å². The summed E-state index contributed by atoms with van der Waals surface area (Å²) in [5, 5.41) is 18.5. The highest BCUT2D eigenvalue weighted by molar-refractivity contribution is 5.95. The average Bonchev–Trinajstić information content (AvgIpc) is 3.22. The van der Waals surface area contributed by atoms with Crippen LogP contribution < -0.4 is 0 Å². The largest absolute Gasteiger partial charge is 0.386 e. The first kappa shape index (κ1) is 14.9. The molecule has 0 spiro atoms. The van der Waals surface area contributed by atoms with Gasteiger partial charge in [0.1, 0.15) is 5.60 Å². The lowest BCUT2D eigenvalue weighted by molar-refractivity contribution is -0.0387. The molecule has 1 atom stereocenters. The summed E-state index contributed by atoms with van der Waals surface area (Å²) >= 11 is 0. The normalized spacial score (nSPS) is 21.3. The molecule has 1 aliphatic heterocycles. The van der Waals surface area contributed by atoms with Gasteiger partial charge in [-0.1, -0.05) is 11.3 Å². The lowest BCUT2D eigenvalue weighted by Gasteiger charge is -2.38. The third-order valence-corrected chi connectivity index (χ3v) is 4.52. The number of amides is 1. The maximum Gasteiger partial charge on any atom is 0.255 e. The van der Waals surface area contributed by atoms with Crippen molar-refractivity contribution >= 4 is 11.4 Å². The van der Waals surface area contributed by atoms with Gasteiger partial charge in [0.15, 0.2) is 0 Å². The highest BCUT2D eigenvalue weighted by atomic mass is 16.3. The Morgan fingerprint density at radius 3 is 3.04 bits per heavy atom. The first-order chi connectivity index (χ1) is 11.6. The first-order valence-corrected chi connectivity index (χ1v) is 8.06. The smallest absolute Gasteiger partial charge is 0.255 e. The number of carbonyl (C=O) groups excluding carboxylic acids is 1. The molecule has 1 N–H and O–H groups in total. The number of piperidine rings is 1. The SMILES string of the molecule is O=C(c1cc2ccccn2c1)N1CCCC(O)(Cn2ccnn2)C1. The van der Waals surface area contributed by atoms with Crippen LogP contribution in [0.1, 0.15) is 23.2 Å². The quantitative estimate of drug-likeness (QED) is 0.785. The van der Waals surface area contributed by atoms with Crippen molar-refractivity contribution in [2.24, 2.45) is 0 Å². The second-order valence-electron chi connectivity index (χ2n) is 6.42. The Bertz CT molecular complexity index is 824. The molecule has 7 heteroatoms. The minimum Gasteiger partial charge on any atom is -0.386 e. The van der Waals surface area contributed by atoms with E-state index in [0.29, 0.717) is 31.6 Å². The topological polar surface area (TPSA) is 75.7 Å². The van der Waals surface area contributed by atoms with E-state index in [0.717, 1.165) is 11.9 Å². The molecule has 124 valence electrons. The number of carbonyl (C=O) groups is 1. The number of aromatic nitrogens is 4. The van der Waals surface area contributed by atoms with Crippen molar-refractivity contribution < 1.29 is 9.90 Å². The van der Waals surface area contributed by atoms with E-state index in [9.17, 15) is 9.90 Å². The van der Waals surface area contributed by atoms with Crippen molar-refractivity contribution in [2.45, 2.75) is 25.0 Å². The second kappa shape index (κ2) is 5.76. The molecule has 1 amide bonds. The van der Waals surface area contributed by atoms with E-state index >= 15 is 0 Å². The van der Waals surface area contributed by atoms with Crippen LogP contribution >= 0.6 is 0 Å². The van der Waals surface area contributed by atoms with Crippen LogP contribution in [0.15, 0.2) is 49.1 Å². The number of β-amino-alcohol motifs (C(OH)–C–C–N with tert-alkyl or cyclic N) is 1. The van der Waals surface area contributed by atoms with Crippen LogP contribution in [-0.2, 0) is 6.54 Å². The molecular weight excluding hydrogens is 306 g/mol. The molecule has 0 saturated carbocycles. The minimum atomic E-state index is -0.971. The second-order valence-corrected chi connectivity index (χ2v) is 6.42. The molecule has 3 aromatic rings. The van der Waals surface area contributed by atoms with Crippen LogP contribution in [0.4, 0.5) is 0 Å². The van der Waals surface area contributed by atoms with Crippen LogP contribution in [0, 0.1) is 0 Å². The van der Waals surface area contributed by atoms with E-state index in [1.165, 1.54) is 0 Å². The molecule has 24 heavy (non-hydrogen) atoms. The number of hydrogen-bond donors (Lipinski definition) is 1. The third-order valence-electron chi connectivity index (χ3n) is 4.52. The summed E-state index contributed by atoms with van der Waals surface area (Å²) in [4.78, 5) is 14.6. The highest BCUT2D eigenvalue weighted by Crippen LogP contribution is 2.24. The summed E-state index contributed by atoms with van der Waals surface area (Å²) in [6.07, 6.45) is 8.48. The van der Waals surface area contributed by atoms with Gasteiger partial charge < -0.3 is 14.4 Å².